The van der Waals surface area contributed by atoms with Crippen molar-refractivity contribution in [3.05, 3.63) is 78.1 Å². The van der Waals surface area contributed by atoms with Crippen LogP contribution in [0.2, 0.25) is 0 Å². The Morgan fingerprint density at radius 2 is 1.30 bits per heavy atom. The van der Waals surface area contributed by atoms with Crippen molar-refractivity contribution in [2.45, 2.75) is 13.8 Å². The predicted octanol–water partition coefficient (Wildman–Crippen LogP) is 5.03. The van der Waals surface area contributed by atoms with Crippen LogP contribution >= 0.6 is 0 Å². The van der Waals surface area contributed by atoms with Gasteiger partial charge < -0.3 is 0 Å². The molecule has 0 spiro atoms. The van der Waals surface area contributed by atoms with Crippen LogP contribution in [0.1, 0.15) is 11.1 Å². The molecular weight excluding hydrogens is 242 g/mol. The SMILES string of the molecule is Cc1ccc(-c2cncc(-c3cccc(C)c3)c2)cc1. The minimum atomic E-state index is 1.16. The van der Waals surface area contributed by atoms with Gasteiger partial charge in [-0.05, 0) is 31.0 Å². The molecule has 0 amide bonds. The van der Waals surface area contributed by atoms with Crippen LogP contribution < -0.4 is 0 Å². The Labute approximate surface area is 119 Å². The normalized spacial score (nSPS) is 10.5. The zero-order chi connectivity index (χ0) is 13.9. The highest BCUT2D eigenvalue weighted by molar-refractivity contribution is 5.72. The summed E-state index contributed by atoms with van der Waals surface area (Å²) in [7, 11) is 0. The van der Waals surface area contributed by atoms with Crippen LogP contribution in [0.15, 0.2) is 67.0 Å². The summed E-state index contributed by atoms with van der Waals surface area (Å²) >= 11 is 0. The van der Waals surface area contributed by atoms with E-state index in [2.05, 4.69) is 73.4 Å². The quantitative estimate of drug-likeness (QED) is 0.628. The molecule has 0 aliphatic carbocycles. The summed E-state index contributed by atoms with van der Waals surface area (Å²) < 4.78 is 0. The van der Waals surface area contributed by atoms with Crippen molar-refractivity contribution >= 4 is 0 Å². The van der Waals surface area contributed by atoms with Crippen molar-refractivity contribution in [1.29, 1.82) is 0 Å². The standard InChI is InChI=1S/C19H17N/c1-14-6-8-16(9-7-14)18-11-19(13-20-12-18)17-5-3-4-15(2)10-17/h3-13H,1-2H3. The Balaban J connectivity index is 2.03. The first-order chi connectivity index (χ1) is 9.72. The molecule has 0 saturated carbocycles. The summed E-state index contributed by atoms with van der Waals surface area (Å²) in [5, 5.41) is 0. The molecule has 0 N–H and O–H groups in total. The lowest BCUT2D eigenvalue weighted by atomic mass is 10.0. The summed E-state index contributed by atoms with van der Waals surface area (Å²) in [6.07, 6.45) is 3.84. The van der Waals surface area contributed by atoms with E-state index in [0.717, 1.165) is 11.1 Å². The Kier molecular flexibility index (Phi) is 3.34. The van der Waals surface area contributed by atoms with Gasteiger partial charge in [0.25, 0.3) is 0 Å². The minimum absolute atomic E-state index is 1.16. The number of benzene rings is 2. The van der Waals surface area contributed by atoms with Gasteiger partial charge in [0, 0.05) is 23.5 Å². The van der Waals surface area contributed by atoms with Crippen molar-refractivity contribution in [3.8, 4) is 22.3 Å². The van der Waals surface area contributed by atoms with Gasteiger partial charge in [0.05, 0.1) is 0 Å². The third kappa shape index (κ3) is 2.62. The maximum atomic E-state index is 4.39. The second kappa shape index (κ2) is 5.30. The lowest BCUT2D eigenvalue weighted by Crippen LogP contribution is -1.85. The minimum Gasteiger partial charge on any atom is -0.263 e. The first-order valence-corrected chi connectivity index (χ1v) is 6.81. The molecule has 1 heterocycles. The van der Waals surface area contributed by atoms with Gasteiger partial charge in [-0.3, -0.25) is 4.98 Å². The van der Waals surface area contributed by atoms with Crippen LogP contribution in [-0.2, 0) is 0 Å². The molecular formula is C19H17N. The van der Waals surface area contributed by atoms with Crippen molar-refractivity contribution in [3.63, 3.8) is 0 Å². The molecule has 98 valence electrons. The molecule has 0 aliphatic heterocycles. The van der Waals surface area contributed by atoms with Crippen molar-refractivity contribution in [2.75, 3.05) is 0 Å². The maximum absolute atomic E-state index is 4.39. The smallest absolute Gasteiger partial charge is 0.0346 e. The Hall–Kier alpha value is -2.41. The maximum Gasteiger partial charge on any atom is 0.0346 e. The predicted molar refractivity (Wildman–Crippen MR) is 84.6 cm³/mol. The van der Waals surface area contributed by atoms with E-state index < -0.39 is 0 Å². The average Bonchev–Trinajstić information content (AvgIpc) is 2.48. The van der Waals surface area contributed by atoms with Crippen LogP contribution in [0.3, 0.4) is 0 Å². The second-order valence-corrected chi connectivity index (χ2v) is 5.20. The molecule has 20 heavy (non-hydrogen) atoms. The van der Waals surface area contributed by atoms with Crippen LogP contribution in [0.4, 0.5) is 0 Å². The summed E-state index contributed by atoms with van der Waals surface area (Å²) in [4.78, 5) is 4.39. The molecule has 1 aromatic heterocycles. The third-order valence-electron chi connectivity index (χ3n) is 3.47. The molecule has 0 atom stereocenters. The largest absolute Gasteiger partial charge is 0.263 e. The van der Waals surface area contributed by atoms with E-state index in [1.165, 1.54) is 22.3 Å². The molecule has 0 radical (unpaired) electrons. The van der Waals surface area contributed by atoms with E-state index in [1.807, 2.05) is 12.4 Å². The van der Waals surface area contributed by atoms with Gasteiger partial charge in [-0.15, -0.1) is 0 Å². The molecule has 1 nitrogen and oxygen atoms in total. The average molecular weight is 259 g/mol. The van der Waals surface area contributed by atoms with Crippen LogP contribution in [0.5, 0.6) is 0 Å². The first-order valence-electron chi connectivity index (χ1n) is 6.81. The zero-order valence-corrected chi connectivity index (χ0v) is 11.8. The molecule has 0 bridgehead atoms. The molecule has 0 fully saturated rings. The Morgan fingerprint density at radius 1 is 0.600 bits per heavy atom. The second-order valence-electron chi connectivity index (χ2n) is 5.20. The van der Waals surface area contributed by atoms with E-state index in [4.69, 9.17) is 0 Å². The number of nitrogens with zero attached hydrogens (tertiary/aromatic N) is 1. The topological polar surface area (TPSA) is 12.9 Å². The van der Waals surface area contributed by atoms with E-state index in [0.29, 0.717) is 0 Å². The lowest BCUT2D eigenvalue weighted by molar-refractivity contribution is 1.32. The molecule has 0 saturated heterocycles. The number of rotatable bonds is 2. The molecule has 0 unspecified atom stereocenters. The molecule has 3 aromatic rings. The van der Waals surface area contributed by atoms with Gasteiger partial charge in [0.1, 0.15) is 0 Å². The number of pyridine rings is 1. The fourth-order valence-electron chi connectivity index (χ4n) is 2.33. The fraction of sp³-hybridized carbons (Fsp3) is 0.105. The Bertz CT molecular complexity index is 727. The number of aromatic nitrogens is 1. The molecule has 3 rings (SSSR count). The van der Waals surface area contributed by atoms with Gasteiger partial charge >= 0.3 is 0 Å². The highest BCUT2D eigenvalue weighted by atomic mass is 14.6. The third-order valence-corrected chi connectivity index (χ3v) is 3.47. The van der Waals surface area contributed by atoms with E-state index >= 15 is 0 Å². The van der Waals surface area contributed by atoms with Crippen LogP contribution in [-0.4, -0.2) is 4.98 Å². The Morgan fingerprint density at radius 3 is 2.00 bits per heavy atom. The monoisotopic (exact) mass is 259 g/mol. The summed E-state index contributed by atoms with van der Waals surface area (Å²) in [6, 6.07) is 19.3. The molecule has 1 heteroatoms. The highest BCUT2D eigenvalue weighted by Gasteiger charge is 2.02. The lowest BCUT2D eigenvalue weighted by Gasteiger charge is -2.06. The van der Waals surface area contributed by atoms with Crippen molar-refractivity contribution in [1.82, 2.24) is 4.98 Å². The van der Waals surface area contributed by atoms with Gasteiger partial charge in [0.15, 0.2) is 0 Å². The van der Waals surface area contributed by atoms with E-state index in [-0.39, 0.29) is 0 Å². The number of aryl methyl sites for hydroxylation is 2. The molecule has 0 aliphatic rings. The number of hydrogen-bond donors (Lipinski definition) is 0. The fourth-order valence-corrected chi connectivity index (χ4v) is 2.33. The van der Waals surface area contributed by atoms with Gasteiger partial charge in [-0.1, -0.05) is 59.7 Å². The summed E-state index contributed by atoms with van der Waals surface area (Å²) in [5.74, 6) is 0. The molecule has 2 aromatic carbocycles. The van der Waals surface area contributed by atoms with Gasteiger partial charge in [0.2, 0.25) is 0 Å². The van der Waals surface area contributed by atoms with Gasteiger partial charge in [-0.2, -0.15) is 0 Å². The van der Waals surface area contributed by atoms with Gasteiger partial charge in [-0.25, -0.2) is 0 Å². The number of hydrogen-bond acceptors (Lipinski definition) is 1. The summed E-state index contributed by atoms with van der Waals surface area (Å²) in [5.41, 5.74) is 7.28. The first kappa shape index (κ1) is 12.6. The van der Waals surface area contributed by atoms with Crippen LogP contribution in [0.25, 0.3) is 22.3 Å². The van der Waals surface area contributed by atoms with Crippen LogP contribution in [0, 0.1) is 13.8 Å². The summed E-state index contributed by atoms with van der Waals surface area (Å²) in [6.45, 7) is 4.21. The van der Waals surface area contributed by atoms with E-state index in [9.17, 15) is 0 Å². The van der Waals surface area contributed by atoms with E-state index in [1.54, 1.807) is 0 Å². The van der Waals surface area contributed by atoms with Crippen molar-refractivity contribution < 1.29 is 0 Å². The van der Waals surface area contributed by atoms with Crippen molar-refractivity contribution in [2.24, 2.45) is 0 Å². The highest BCUT2D eigenvalue weighted by Crippen LogP contribution is 2.25. The zero-order valence-electron chi connectivity index (χ0n) is 11.8.